The minimum atomic E-state index is -1.03. The predicted molar refractivity (Wildman–Crippen MR) is 96.8 cm³/mol. The third-order valence-electron chi connectivity index (χ3n) is 3.61. The van der Waals surface area contributed by atoms with Crippen molar-refractivity contribution in [3.8, 4) is 11.5 Å². The summed E-state index contributed by atoms with van der Waals surface area (Å²) >= 11 is 0. The van der Waals surface area contributed by atoms with Gasteiger partial charge >= 0.3 is 5.97 Å². The number of hydrogen-bond donors (Lipinski definition) is 1. The summed E-state index contributed by atoms with van der Waals surface area (Å²) in [6.45, 7) is -0.410. The first kappa shape index (κ1) is 16.5. The fourth-order valence-corrected chi connectivity index (χ4v) is 2.40. The van der Waals surface area contributed by atoms with Crippen molar-refractivity contribution in [2.45, 2.75) is 0 Å². The molecule has 0 amide bonds. The number of carbonyl (C=O) groups is 1. The zero-order chi connectivity index (χ0) is 17.6. The van der Waals surface area contributed by atoms with Crippen molar-refractivity contribution in [3.05, 3.63) is 65.9 Å². The van der Waals surface area contributed by atoms with Gasteiger partial charge in [-0.15, -0.1) is 0 Å². The van der Waals surface area contributed by atoms with E-state index in [4.69, 9.17) is 14.6 Å². The topological polar surface area (TPSA) is 68.7 Å². The van der Waals surface area contributed by atoms with Gasteiger partial charge in [0, 0.05) is 5.39 Å². The van der Waals surface area contributed by atoms with Gasteiger partial charge in [0.25, 0.3) is 0 Å². The number of methoxy groups -OCH3 is 1. The van der Waals surface area contributed by atoms with Crippen LogP contribution in [-0.4, -0.2) is 29.8 Å². The van der Waals surface area contributed by atoms with E-state index in [1.54, 1.807) is 12.1 Å². The molecule has 0 aliphatic rings. The Labute approximate surface area is 145 Å². The molecule has 0 unspecified atom stereocenters. The van der Waals surface area contributed by atoms with E-state index in [9.17, 15) is 4.79 Å². The van der Waals surface area contributed by atoms with E-state index in [2.05, 4.69) is 4.98 Å². The fourth-order valence-electron chi connectivity index (χ4n) is 2.40. The van der Waals surface area contributed by atoms with E-state index in [1.807, 2.05) is 54.6 Å². The lowest BCUT2D eigenvalue weighted by Crippen LogP contribution is -2.10. The first-order valence-electron chi connectivity index (χ1n) is 7.72. The van der Waals surface area contributed by atoms with Crippen LogP contribution in [0.2, 0.25) is 0 Å². The summed E-state index contributed by atoms with van der Waals surface area (Å²) in [6, 6.07) is 17.2. The monoisotopic (exact) mass is 335 g/mol. The van der Waals surface area contributed by atoms with E-state index >= 15 is 0 Å². The van der Waals surface area contributed by atoms with Crippen molar-refractivity contribution >= 4 is 29.0 Å². The Kier molecular flexibility index (Phi) is 4.95. The molecule has 0 bridgehead atoms. The molecule has 0 spiro atoms. The lowest BCUT2D eigenvalue weighted by Gasteiger charge is -2.09. The molecular formula is C20H17NO4. The third-order valence-corrected chi connectivity index (χ3v) is 3.61. The Morgan fingerprint density at radius 1 is 1.08 bits per heavy atom. The highest BCUT2D eigenvalue weighted by atomic mass is 16.5. The number of aromatic nitrogens is 1. The summed E-state index contributed by atoms with van der Waals surface area (Å²) in [5, 5.41) is 9.79. The summed E-state index contributed by atoms with van der Waals surface area (Å²) in [5.74, 6) is -0.158. The van der Waals surface area contributed by atoms with Gasteiger partial charge in [0.1, 0.15) is 0 Å². The quantitative estimate of drug-likeness (QED) is 0.740. The number of rotatable bonds is 6. The van der Waals surface area contributed by atoms with Gasteiger partial charge in [-0.2, -0.15) is 0 Å². The molecule has 0 saturated heterocycles. The minimum absolute atomic E-state index is 0.394. The maximum Gasteiger partial charge on any atom is 0.341 e. The lowest BCUT2D eigenvalue weighted by molar-refractivity contribution is -0.139. The molecule has 25 heavy (non-hydrogen) atoms. The Bertz CT molecular complexity index is 934. The molecule has 0 fully saturated rings. The molecule has 3 rings (SSSR count). The van der Waals surface area contributed by atoms with Crippen molar-refractivity contribution in [2.24, 2.45) is 0 Å². The van der Waals surface area contributed by atoms with Gasteiger partial charge in [0.2, 0.25) is 0 Å². The maximum atomic E-state index is 10.6. The fraction of sp³-hybridized carbons (Fsp3) is 0.100. The number of ether oxygens (including phenoxy) is 2. The number of benzene rings is 2. The molecule has 0 atom stereocenters. The van der Waals surface area contributed by atoms with Crippen LogP contribution in [0, 0.1) is 0 Å². The summed E-state index contributed by atoms with van der Waals surface area (Å²) in [4.78, 5) is 15.2. The number of nitrogens with zero attached hydrogens (tertiary/aromatic N) is 1. The van der Waals surface area contributed by atoms with Crippen molar-refractivity contribution in [3.63, 3.8) is 0 Å². The van der Waals surface area contributed by atoms with Crippen molar-refractivity contribution in [1.29, 1.82) is 0 Å². The highest BCUT2D eigenvalue weighted by Crippen LogP contribution is 2.28. The van der Waals surface area contributed by atoms with Gasteiger partial charge in [-0.3, -0.25) is 0 Å². The number of pyridine rings is 1. The highest BCUT2D eigenvalue weighted by molar-refractivity contribution is 5.81. The lowest BCUT2D eigenvalue weighted by atomic mass is 10.1. The summed E-state index contributed by atoms with van der Waals surface area (Å²) in [7, 11) is 1.52. The average Bonchev–Trinajstić information content (AvgIpc) is 2.64. The number of hydrogen-bond acceptors (Lipinski definition) is 4. The second-order valence-electron chi connectivity index (χ2n) is 5.35. The Hall–Kier alpha value is -3.34. The number of carboxylic acid groups (broad SMARTS) is 1. The van der Waals surface area contributed by atoms with Gasteiger partial charge in [-0.1, -0.05) is 36.4 Å². The van der Waals surface area contributed by atoms with Gasteiger partial charge in [0.15, 0.2) is 18.1 Å². The SMILES string of the molecule is COc1cc(/C=C\c2ccc3ccccc3n2)ccc1OCC(=O)O. The molecule has 0 saturated carbocycles. The number of aliphatic carboxylic acids is 1. The third kappa shape index (κ3) is 4.14. The van der Waals surface area contributed by atoms with Gasteiger partial charge in [-0.05, 0) is 35.9 Å². The van der Waals surface area contributed by atoms with Crippen LogP contribution in [-0.2, 0) is 4.79 Å². The molecule has 5 nitrogen and oxygen atoms in total. The Morgan fingerprint density at radius 2 is 1.92 bits per heavy atom. The second-order valence-corrected chi connectivity index (χ2v) is 5.35. The van der Waals surface area contributed by atoms with Crippen LogP contribution in [0.25, 0.3) is 23.1 Å². The molecule has 1 heterocycles. The largest absolute Gasteiger partial charge is 0.493 e. The molecule has 126 valence electrons. The molecule has 0 aliphatic carbocycles. The number of carboxylic acids is 1. The van der Waals surface area contributed by atoms with E-state index in [0.29, 0.717) is 11.5 Å². The first-order valence-corrected chi connectivity index (χ1v) is 7.72. The smallest absolute Gasteiger partial charge is 0.341 e. The van der Waals surface area contributed by atoms with E-state index in [1.165, 1.54) is 7.11 Å². The standard InChI is InChI=1S/C20H17NO4/c1-24-19-12-14(7-11-18(19)25-13-20(22)23)6-9-16-10-8-15-4-2-3-5-17(15)21-16/h2-12H,13H2,1H3,(H,22,23)/b9-6-. The first-order chi connectivity index (χ1) is 12.2. The highest BCUT2D eigenvalue weighted by Gasteiger charge is 2.07. The number of fused-ring (bicyclic) bond motifs is 1. The van der Waals surface area contributed by atoms with Gasteiger partial charge in [-0.25, -0.2) is 9.78 Å². The van der Waals surface area contributed by atoms with E-state index in [0.717, 1.165) is 22.2 Å². The van der Waals surface area contributed by atoms with Gasteiger partial charge in [0.05, 0.1) is 18.3 Å². The zero-order valence-electron chi connectivity index (χ0n) is 13.7. The van der Waals surface area contributed by atoms with E-state index in [-0.39, 0.29) is 0 Å². The van der Waals surface area contributed by atoms with Crippen LogP contribution < -0.4 is 9.47 Å². The minimum Gasteiger partial charge on any atom is -0.493 e. The normalized spacial score (nSPS) is 10.9. The Morgan fingerprint density at radius 3 is 2.72 bits per heavy atom. The second kappa shape index (κ2) is 7.49. The molecule has 1 aromatic heterocycles. The molecule has 0 radical (unpaired) electrons. The summed E-state index contributed by atoms with van der Waals surface area (Å²) in [6.07, 6.45) is 3.83. The summed E-state index contributed by atoms with van der Waals surface area (Å²) in [5.41, 5.74) is 2.69. The van der Waals surface area contributed by atoms with Crippen LogP contribution >= 0.6 is 0 Å². The average molecular weight is 335 g/mol. The molecular weight excluding hydrogens is 318 g/mol. The maximum absolute atomic E-state index is 10.6. The predicted octanol–water partition coefficient (Wildman–Crippen LogP) is 3.88. The van der Waals surface area contributed by atoms with Gasteiger partial charge < -0.3 is 14.6 Å². The summed E-state index contributed by atoms with van der Waals surface area (Å²) < 4.78 is 10.5. The molecule has 5 heteroatoms. The van der Waals surface area contributed by atoms with Crippen LogP contribution in [0.1, 0.15) is 11.3 Å². The molecule has 0 aliphatic heterocycles. The van der Waals surface area contributed by atoms with Crippen LogP contribution in [0.3, 0.4) is 0 Å². The van der Waals surface area contributed by atoms with Crippen LogP contribution in [0.5, 0.6) is 11.5 Å². The van der Waals surface area contributed by atoms with Crippen LogP contribution in [0.15, 0.2) is 54.6 Å². The van der Waals surface area contributed by atoms with Crippen molar-refractivity contribution in [2.75, 3.05) is 13.7 Å². The van der Waals surface area contributed by atoms with Crippen molar-refractivity contribution in [1.82, 2.24) is 4.98 Å². The molecule has 1 N–H and O–H groups in total. The molecule has 2 aromatic carbocycles. The van der Waals surface area contributed by atoms with E-state index < -0.39 is 12.6 Å². The number of para-hydroxylation sites is 1. The van der Waals surface area contributed by atoms with Crippen LogP contribution in [0.4, 0.5) is 0 Å². The van der Waals surface area contributed by atoms with Crippen molar-refractivity contribution < 1.29 is 19.4 Å². The Balaban J connectivity index is 1.81. The molecule has 3 aromatic rings. The zero-order valence-corrected chi connectivity index (χ0v) is 13.7.